The molecular formula is C24H24FN5O2S. The molecule has 0 saturated heterocycles. The number of benzene rings is 2. The third-order valence-corrected chi connectivity index (χ3v) is 6.15. The zero-order valence-electron chi connectivity index (χ0n) is 18.3. The summed E-state index contributed by atoms with van der Waals surface area (Å²) in [6, 6.07) is 16.1. The molecule has 9 heteroatoms. The lowest BCUT2D eigenvalue weighted by atomic mass is 10.2. The van der Waals surface area contributed by atoms with Crippen LogP contribution in [0.15, 0.2) is 53.7 Å². The Balaban J connectivity index is 1.52. The Hall–Kier alpha value is -3.38. The summed E-state index contributed by atoms with van der Waals surface area (Å²) in [5.41, 5.74) is 1.11. The van der Waals surface area contributed by atoms with Gasteiger partial charge in [-0.15, -0.1) is 10.2 Å². The van der Waals surface area contributed by atoms with Gasteiger partial charge in [0.15, 0.2) is 11.0 Å². The molecule has 1 fully saturated rings. The van der Waals surface area contributed by atoms with Crippen LogP contribution < -0.4 is 9.64 Å². The lowest BCUT2D eigenvalue weighted by Gasteiger charge is -2.22. The second-order valence-electron chi connectivity index (χ2n) is 7.56. The Morgan fingerprint density at radius 3 is 2.67 bits per heavy atom. The minimum Gasteiger partial charge on any atom is -0.494 e. The molecule has 170 valence electrons. The lowest BCUT2D eigenvalue weighted by molar-refractivity contribution is -0.116. The van der Waals surface area contributed by atoms with Crippen molar-refractivity contribution in [1.82, 2.24) is 14.8 Å². The molecule has 0 radical (unpaired) electrons. The average molecular weight is 466 g/mol. The van der Waals surface area contributed by atoms with E-state index in [1.54, 1.807) is 23.1 Å². The van der Waals surface area contributed by atoms with E-state index in [0.717, 1.165) is 18.6 Å². The molecule has 1 amide bonds. The quantitative estimate of drug-likeness (QED) is 0.398. The van der Waals surface area contributed by atoms with Crippen molar-refractivity contribution >= 4 is 23.4 Å². The van der Waals surface area contributed by atoms with Crippen LogP contribution in [-0.4, -0.2) is 39.6 Å². The number of hydrogen-bond donors (Lipinski definition) is 0. The fourth-order valence-electron chi connectivity index (χ4n) is 3.52. The Morgan fingerprint density at radius 1 is 1.24 bits per heavy atom. The summed E-state index contributed by atoms with van der Waals surface area (Å²) < 4.78 is 21.8. The highest BCUT2D eigenvalue weighted by Crippen LogP contribution is 2.41. The number of nitrogens with zero attached hydrogens (tertiary/aromatic N) is 5. The summed E-state index contributed by atoms with van der Waals surface area (Å²) in [6.45, 7) is 2.76. The molecule has 33 heavy (non-hydrogen) atoms. The molecule has 1 saturated carbocycles. The number of aromatic nitrogens is 3. The maximum Gasteiger partial charge on any atom is 0.237 e. The second kappa shape index (κ2) is 10.5. The third kappa shape index (κ3) is 5.34. The van der Waals surface area contributed by atoms with E-state index in [2.05, 4.69) is 16.3 Å². The number of halogens is 1. The Bertz CT molecular complexity index is 1150. The molecule has 1 heterocycles. The molecule has 0 aliphatic heterocycles. The standard InChI is InChI=1S/C24H24FN5O2S/c1-2-32-19-12-10-17(11-13-19)29(15-5-14-26)22(31)16-33-24-28-27-23(30(24)18-8-9-18)20-6-3-4-7-21(20)25/h3-4,6-7,10-13,18H,2,5,8-9,15-16H2,1H3. The van der Waals surface area contributed by atoms with Gasteiger partial charge >= 0.3 is 0 Å². The maximum atomic E-state index is 14.4. The predicted octanol–water partition coefficient (Wildman–Crippen LogP) is 4.86. The van der Waals surface area contributed by atoms with Gasteiger partial charge in [-0.25, -0.2) is 4.39 Å². The van der Waals surface area contributed by atoms with Crippen molar-refractivity contribution in [1.29, 1.82) is 5.26 Å². The number of carbonyl (C=O) groups is 1. The molecule has 1 aromatic heterocycles. The van der Waals surface area contributed by atoms with Crippen molar-refractivity contribution in [3.63, 3.8) is 0 Å². The zero-order chi connectivity index (χ0) is 23.2. The van der Waals surface area contributed by atoms with Crippen molar-refractivity contribution in [2.45, 2.75) is 37.4 Å². The maximum absolute atomic E-state index is 14.4. The molecule has 0 bridgehead atoms. The normalized spacial score (nSPS) is 12.9. The topological polar surface area (TPSA) is 84.0 Å². The fourth-order valence-corrected chi connectivity index (χ4v) is 4.40. The first-order chi connectivity index (χ1) is 16.1. The highest BCUT2D eigenvalue weighted by atomic mass is 32.2. The van der Waals surface area contributed by atoms with Crippen LogP contribution in [0.1, 0.15) is 32.2 Å². The number of nitriles is 1. The van der Waals surface area contributed by atoms with Gasteiger partial charge in [0, 0.05) is 18.3 Å². The largest absolute Gasteiger partial charge is 0.494 e. The van der Waals surface area contributed by atoms with E-state index < -0.39 is 0 Å². The van der Waals surface area contributed by atoms with E-state index in [-0.39, 0.29) is 29.9 Å². The molecule has 0 spiro atoms. The number of anilines is 1. The third-order valence-electron chi connectivity index (χ3n) is 5.22. The molecule has 4 rings (SSSR count). The highest BCUT2D eigenvalue weighted by Gasteiger charge is 2.31. The lowest BCUT2D eigenvalue weighted by Crippen LogP contribution is -2.33. The van der Waals surface area contributed by atoms with Gasteiger partial charge in [-0.3, -0.25) is 9.36 Å². The summed E-state index contributed by atoms with van der Waals surface area (Å²) >= 11 is 1.28. The highest BCUT2D eigenvalue weighted by molar-refractivity contribution is 7.99. The van der Waals surface area contributed by atoms with Crippen LogP contribution in [0.3, 0.4) is 0 Å². The molecule has 0 N–H and O–H groups in total. The van der Waals surface area contributed by atoms with Crippen LogP contribution in [0.4, 0.5) is 10.1 Å². The van der Waals surface area contributed by atoms with Crippen LogP contribution in [-0.2, 0) is 4.79 Å². The molecule has 1 aliphatic carbocycles. The van der Waals surface area contributed by atoms with Gasteiger partial charge in [0.05, 0.1) is 30.4 Å². The van der Waals surface area contributed by atoms with E-state index in [4.69, 9.17) is 10.00 Å². The smallest absolute Gasteiger partial charge is 0.237 e. The number of carbonyl (C=O) groups excluding carboxylic acids is 1. The molecule has 0 atom stereocenters. The van der Waals surface area contributed by atoms with Crippen molar-refractivity contribution in [2.75, 3.05) is 23.8 Å². The summed E-state index contributed by atoms with van der Waals surface area (Å²) in [5, 5.41) is 18.1. The van der Waals surface area contributed by atoms with Crippen molar-refractivity contribution in [3.05, 3.63) is 54.3 Å². The number of amides is 1. The van der Waals surface area contributed by atoms with E-state index in [9.17, 15) is 9.18 Å². The van der Waals surface area contributed by atoms with Gasteiger partial charge in [0.2, 0.25) is 5.91 Å². The first kappa shape index (κ1) is 22.8. The van der Waals surface area contributed by atoms with E-state index in [0.29, 0.717) is 35.4 Å². The van der Waals surface area contributed by atoms with Gasteiger partial charge in [0.25, 0.3) is 0 Å². The Labute approximate surface area is 196 Å². The van der Waals surface area contributed by atoms with Gasteiger partial charge in [-0.05, 0) is 56.2 Å². The van der Waals surface area contributed by atoms with Crippen LogP contribution in [0.5, 0.6) is 5.75 Å². The number of hydrogen-bond acceptors (Lipinski definition) is 6. The first-order valence-electron chi connectivity index (χ1n) is 10.8. The molecule has 0 unspecified atom stereocenters. The van der Waals surface area contributed by atoms with Crippen LogP contribution >= 0.6 is 11.8 Å². The van der Waals surface area contributed by atoms with E-state index in [1.165, 1.54) is 17.8 Å². The molecular weight excluding hydrogens is 441 g/mol. The summed E-state index contributed by atoms with van der Waals surface area (Å²) in [5.74, 6) is 0.843. The van der Waals surface area contributed by atoms with E-state index in [1.807, 2.05) is 35.8 Å². The Morgan fingerprint density at radius 2 is 2.00 bits per heavy atom. The number of rotatable bonds is 10. The van der Waals surface area contributed by atoms with E-state index >= 15 is 0 Å². The predicted molar refractivity (Wildman–Crippen MR) is 125 cm³/mol. The van der Waals surface area contributed by atoms with Crippen LogP contribution in [0.25, 0.3) is 11.4 Å². The number of ether oxygens (including phenoxy) is 1. The molecule has 7 nitrogen and oxygen atoms in total. The average Bonchev–Trinajstić information content (AvgIpc) is 3.58. The summed E-state index contributed by atoms with van der Waals surface area (Å²) in [7, 11) is 0. The van der Waals surface area contributed by atoms with Gasteiger partial charge in [-0.2, -0.15) is 5.26 Å². The van der Waals surface area contributed by atoms with Gasteiger partial charge < -0.3 is 9.64 Å². The summed E-state index contributed by atoms with van der Waals surface area (Å²) in [6.07, 6.45) is 2.17. The second-order valence-corrected chi connectivity index (χ2v) is 8.50. The monoisotopic (exact) mass is 465 g/mol. The number of thioether (sulfide) groups is 1. The minimum atomic E-state index is -0.349. The SMILES string of the molecule is CCOc1ccc(N(CCC#N)C(=O)CSc2nnc(-c3ccccc3F)n2C2CC2)cc1. The minimum absolute atomic E-state index is 0.126. The van der Waals surface area contributed by atoms with Crippen molar-refractivity contribution in [3.8, 4) is 23.2 Å². The molecule has 1 aliphatic rings. The zero-order valence-corrected chi connectivity index (χ0v) is 19.1. The van der Waals surface area contributed by atoms with Crippen LogP contribution in [0.2, 0.25) is 0 Å². The molecule has 3 aromatic rings. The van der Waals surface area contributed by atoms with Crippen molar-refractivity contribution in [2.24, 2.45) is 0 Å². The molecule has 2 aromatic carbocycles. The first-order valence-corrected chi connectivity index (χ1v) is 11.8. The van der Waals surface area contributed by atoms with Crippen molar-refractivity contribution < 1.29 is 13.9 Å². The van der Waals surface area contributed by atoms with Crippen LogP contribution in [0, 0.1) is 17.1 Å². The summed E-state index contributed by atoms with van der Waals surface area (Å²) in [4.78, 5) is 14.7. The van der Waals surface area contributed by atoms with Gasteiger partial charge in [0.1, 0.15) is 11.6 Å². The fraction of sp³-hybridized carbons (Fsp3) is 0.333. The van der Waals surface area contributed by atoms with Gasteiger partial charge in [-0.1, -0.05) is 23.9 Å². The Kier molecular flexibility index (Phi) is 7.25.